The number of aliphatic hydroxyl groups excluding tert-OH is 1. The first-order valence-electron chi connectivity index (χ1n) is 13.5. The maximum atomic E-state index is 10.8. The first-order chi connectivity index (χ1) is 17.7. The lowest BCUT2D eigenvalue weighted by molar-refractivity contribution is -0.0999. The highest BCUT2D eigenvalue weighted by Crippen LogP contribution is 2.44. The van der Waals surface area contributed by atoms with Gasteiger partial charge in [0.2, 0.25) is 5.75 Å². The number of aromatic hydroxyl groups is 2. The zero-order chi connectivity index (χ0) is 26.5. The second-order valence-corrected chi connectivity index (χ2v) is 11.0. The van der Waals surface area contributed by atoms with Gasteiger partial charge in [-0.3, -0.25) is 0 Å². The van der Waals surface area contributed by atoms with Crippen molar-refractivity contribution in [2.24, 2.45) is 11.8 Å². The second kappa shape index (κ2) is 12.3. The fourth-order valence-corrected chi connectivity index (χ4v) is 5.83. The van der Waals surface area contributed by atoms with Crippen LogP contribution in [0, 0.1) is 11.8 Å². The minimum Gasteiger partial charge on any atom is -0.504 e. The van der Waals surface area contributed by atoms with Crippen molar-refractivity contribution < 1.29 is 34.3 Å². The zero-order valence-corrected chi connectivity index (χ0v) is 22.5. The topological polar surface area (TPSA) is 97.6 Å². The van der Waals surface area contributed by atoms with Crippen LogP contribution in [0.15, 0.2) is 30.3 Å². The summed E-state index contributed by atoms with van der Waals surface area (Å²) in [5.41, 5.74) is 1.86. The van der Waals surface area contributed by atoms with Crippen LogP contribution in [0.5, 0.6) is 28.7 Å². The second-order valence-electron chi connectivity index (χ2n) is 11.0. The standard InChI is InChI=1S/C30H42O7/c1-18(2)11-20-6-9-23(12-20)37-29-15-21(14-28(35-4)30(29)33)26-17-22(31)16-24(36-26)8-5-19-7-10-25(32)27(13-19)34-3/h7,10,13-15,18,20,22-24,26,31-33H,5-6,8-9,11-12,16-17H2,1-4H3/t20-,22+,23+,24+,26+/m1/s1. The van der Waals surface area contributed by atoms with Gasteiger partial charge >= 0.3 is 0 Å². The van der Waals surface area contributed by atoms with E-state index in [0.29, 0.717) is 41.9 Å². The van der Waals surface area contributed by atoms with E-state index in [4.69, 9.17) is 18.9 Å². The molecule has 0 spiro atoms. The van der Waals surface area contributed by atoms with Gasteiger partial charge in [0.15, 0.2) is 23.0 Å². The third-order valence-electron chi connectivity index (χ3n) is 7.62. The predicted molar refractivity (Wildman–Crippen MR) is 142 cm³/mol. The Labute approximate surface area is 220 Å². The molecule has 2 aliphatic rings. The highest BCUT2D eigenvalue weighted by Gasteiger charge is 2.32. The number of hydrogen-bond donors (Lipinski definition) is 3. The van der Waals surface area contributed by atoms with Gasteiger partial charge in [-0.05, 0) is 92.2 Å². The SMILES string of the molecule is COc1cc(CC[C@H]2C[C@H](O)C[C@@H](c3cc(OC)c(O)c(O[C@H]4CC[C@H](CC(C)C)C4)c3)O2)ccc1O. The summed E-state index contributed by atoms with van der Waals surface area (Å²) in [6.45, 7) is 4.50. The predicted octanol–water partition coefficient (Wildman–Crippen LogP) is 5.92. The molecule has 2 fully saturated rings. The monoisotopic (exact) mass is 514 g/mol. The Hall–Kier alpha value is -2.64. The van der Waals surface area contributed by atoms with E-state index in [1.165, 1.54) is 20.6 Å². The zero-order valence-electron chi connectivity index (χ0n) is 22.5. The van der Waals surface area contributed by atoms with Gasteiger partial charge in [-0.15, -0.1) is 0 Å². The molecule has 1 heterocycles. The van der Waals surface area contributed by atoms with Gasteiger partial charge in [0, 0.05) is 6.42 Å². The molecule has 5 atom stereocenters. The lowest BCUT2D eigenvalue weighted by Crippen LogP contribution is -2.31. The average molecular weight is 515 g/mol. The van der Waals surface area contributed by atoms with Gasteiger partial charge in [0.25, 0.3) is 0 Å². The van der Waals surface area contributed by atoms with E-state index in [1.807, 2.05) is 18.2 Å². The summed E-state index contributed by atoms with van der Waals surface area (Å²) in [4.78, 5) is 0. The molecule has 1 saturated carbocycles. The van der Waals surface area contributed by atoms with E-state index in [1.54, 1.807) is 12.1 Å². The number of phenolic OH excluding ortho intramolecular Hbond substituents is 2. The largest absolute Gasteiger partial charge is 0.504 e. The molecule has 0 radical (unpaired) electrons. The molecule has 204 valence electrons. The lowest BCUT2D eigenvalue weighted by Gasteiger charge is -2.34. The van der Waals surface area contributed by atoms with Crippen molar-refractivity contribution in [3.8, 4) is 28.7 Å². The molecule has 0 unspecified atom stereocenters. The van der Waals surface area contributed by atoms with Crippen LogP contribution in [0.3, 0.4) is 0 Å². The summed E-state index contributed by atoms with van der Waals surface area (Å²) in [6.07, 6.45) is 5.90. The van der Waals surface area contributed by atoms with Crippen molar-refractivity contribution in [2.75, 3.05) is 14.2 Å². The lowest BCUT2D eigenvalue weighted by atomic mass is 9.93. The molecule has 1 saturated heterocycles. The van der Waals surface area contributed by atoms with Gasteiger partial charge < -0.3 is 34.3 Å². The summed E-state index contributed by atoms with van der Waals surface area (Å²) in [6, 6.07) is 8.96. The Morgan fingerprint density at radius 3 is 2.43 bits per heavy atom. The van der Waals surface area contributed by atoms with Crippen LogP contribution >= 0.6 is 0 Å². The maximum absolute atomic E-state index is 10.8. The van der Waals surface area contributed by atoms with E-state index in [0.717, 1.165) is 43.2 Å². The number of hydrogen-bond acceptors (Lipinski definition) is 7. The smallest absolute Gasteiger partial charge is 0.200 e. The van der Waals surface area contributed by atoms with Crippen LogP contribution in [0.2, 0.25) is 0 Å². The Morgan fingerprint density at radius 2 is 1.70 bits per heavy atom. The normalized spacial score (nSPS) is 25.8. The number of aryl methyl sites for hydroxylation is 1. The Bertz CT molecular complexity index is 1040. The third-order valence-corrected chi connectivity index (χ3v) is 7.62. The van der Waals surface area contributed by atoms with Gasteiger partial charge in [-0.1, -0.05) is 19.9 Å². The number of methoxy groups -OCH3 is 2. The van der Waals surface area contributed by atoms with Crippen molar-refractivity contribution in [1.29, 1.82) is 0 Å². The molecule has 7 nitrogen and oxygen atoms in total. The number of ether oxygens (including phenoxy) is 4. The first-order valence-corrected chi connectivity index (χ1v) is 13.5. The van der Waals surface area contributed by atoms with Gasteiger partial charge in [-0.25, -0.2) is 0 Å². The average Bonchev–Trinajstić information content (AvgIpc) is 3.30. The van der Waals surface area contributed by atoms with E-state index < -0.39 is 6.10 Å². The molecule has 2 aromatic carbocycles. The maximum Gasteiger partial charge on any atom is 0.200 e. The summed E-state index contributed by atoms with van der Waals surface area (Å²) in [5.74, 6) is 2.65. The van der Waals surface area contributed by atoms with E-state index in [-0.39, 0.29) is 29.8 Å². The Balaban J connectivity index is 1.45. The molecular formula is C30H42O7. The van der Waals surface area contributed by atoms with Gasteiger partial charge in [0.05, 0.1) is 38.6 Å². The van der Waals surface area contributed by atoms with Crippen LogP contribution in [-0.4, -0.2) is 47.9 Å². The first kappa shape index (κ1) is 27.4. The minimum atomic E-state index is -0.492. The number of aliphatic hydroxyl groups is 1. The molecule has 0 aromatic heterocycles. The van der Waals surface area contributed by atoms with Crippen molar-refractivity contribution >= 4 is 0 Å². The van der Waals surface area contributed by atoms with Gasteiger partial charge in [-0.2, -0.15) is 0 Å². The number of rotatable bonds is 10. The Morgan fingerprint density at radius 1 is 0.946 bits per heavy atom. The molecule has 0 amide bonds. The summed E-state index contributed by atoms with van der Waals surface area (Å²) >= 11 is 0. The van der Waals surface area contributed by atoms with Gasteiger partial charge in [0.1, 0.15) is 0 Å². The van der Waals surface area contributed by atoms with Crippen LogP contribution in [0.25, 0.3) is 0 Å². The minimum absolute atomic E-state index is 0.00717. The fraction of sp³-hybridized carbons (Fsp3) is 0.600. The highest BCUT2D eigenvalue weighted by atomic mass is 16.5. The molecule has 1 aliphatic carbocycles. The van der Waals surface area contributed by atoms with Crippen LogP contribution < -0.4 is 14.2 Å². The van der Waals surface area contributed by atoms with Crippen molar-refractivity contribution in [3.63, 3.8) is 0 Å². The number of benzene rings is 2. The van der Waals surface area contributed by atoms with Crippen molar-refractivity contribution in [2.45, 2.75) is 89.6 Å². The molecular weight excluding hydrogens is 472 g/mol. The highest BCUT2D eigenvalue weighted by molar-refractivity contribution is 5.53. The number of phenols is 2. The quantitative estimate of drug-likeness (QED) is 0.362. The molecule has 2 aromatic rings. The fourth-order valence-electron chi connectivity index (χ4n) is 5.83. The van der Waals surface area contributed by atoms with Crippen molar-refractivity contribution in [1.82, 2.24) is 0 Å². The van der Waals surface area contributed by atoms with E-state index in [2.05, 4.69) is 13.8 Å². The van der Waals surface area contributed by atoms with Crippen molar-refractivity contribution in [3.05, 3.63) is 41.5 Å². The molecule has 7 heteroatoms. The van der Waals surface area contributed by atoms with E-state index in [9.17, 15) is 15.3 Å². The van der Waals surface area contributed by atoms with Crippen LogP contribution in [0.4, 0.5) is 0 Å². The molecule has 1 aliphatic heterocycles. The Kier molecular flexibility index (Phi) is 9.08. The van der Waals surface area contributed by atoms with Crippen LogP contribution in [0.1, 0.15) is 76.0 Å². The summed E-state index contributed by atoms with van der Waals surface area (Å²) in [5, 5.41) is 31.3. The van der Waals surface area contributed by atoms with Crippen LogP contribution in [-0.2, 0) is 11.2 Å². The molecule has 3 N–H and O–H groups in total. The molecule has 0 bridgehead atoms. The summed E-state index contributed by atoms with van der Waals surface area (Å²) in [7, 11) is 3.06. The molecule has 4 rings (SSSR count). The molecule has 37 heavy (non-hydrogen) atoms. The summed E-state index contributed by atoms with van der Waals surface area (Å²) < 4.78 is 23.4. The van der Waals surface area contributed by atoms with E-state index >= 15 is 0 Å². The third kappa shape index (κ3) is 7.02.